The van der Waals surface area contributed by atoms with Crippen molar-refractivity contribution in [2.45, 2.75) is 37.6 Å². The van der Waals surface area contributed by atoms with Crippen molar-refractivity contribution in [3.8, 4) is 5.75 Å². The van der Waals surface area contributed by atoms with Crippen molar-refractivity contribution in [3.63, 3.8) is 0 Å². The molecule has 1 aromatic rings. The number of sulfonamides is 1. The van der Waals surface area contributed by atoms with E-state index in [1.54, 1.807) is 19.9 Å². The second-order valence-electron chi connectivity index (χ2n) is 6.73. The molecule has 0 bridgehead atoms. The Kier molecular flexibility index (Phi) is 6.42. The van der Waals surface area contributed by atoms with Crippen molar-refractivity contribution in [1.29, 1.82) is 0 Å². The summed E-state index contributed by atoms with van der Waals surface area (Å²) in [6.45, 7) is 5.19. The predicted molar refractivity (Wildman–Crippen MR) is 97.3 cm³/mol. The third-order valence-electron chi connectivity index (χ3n) is 4.13. The molecule has 140 valence electrons. The molecule has 1 aliphatic heterocycles. The number of ether oxygens (including phenoxy) is 1. The lowest BCUT2D eigenvalue weighted by Crippen LogP contribution is -2.38. The van der Waals surface area contributed by atoms with E-state index < -0.39 is 10.0 Å². The fourth-order valence-electron chi connectivity index (χ4n) is 2.95. The van der Waals surface area contributed by atoms with Crippen LogP contribution in [-0.4, -0.2) is 52.5 Å². The summed E-state index contributed by atoms with van der Waals surface area (Å²) in [6.07, 6.45) is 1.80. The first-order valence-corrected chi connectivity index (χ1v) is 9.91. The molecular weight excluding hydrogens is 342 g/mol. The Morgan fingerprint density at radius 2 is 2.08 bits per heavy atom. The molecule has 1 aliphatic rings. The molecule has 0 unspecified atom stereocenters. The van der Waals surface area contributed by atoms with Crippen molar-refractivity contribution in [3.05, 3.63) is 18.2 Å². The van der Waals surface area contributed by atoms with Crippen LogP contribution >= 0.6 is 0 Å². The normalized spacial score (nSPS) is 19.0. The lowest BCUT2D eigenvalue weighted by molar-refractivity contribution is -0.121. The van der Waals surface area contributed by atoms with Crippen LogP contribution in [0, 0.1) is 5.92 Å². The molecule has 0 radical (unpaired) electrons. The van der Waals surface area contributed by atoms with E-state index in [4.69, 9.17) is 4.74 Å². The van der Waals surface area contributed by atoms with E-state index in [0.717, 1.165) is 19.4 Å². The van der Waals surface area contributed by atoms with Gasteiger partial charge in [0.1, 0.15) is 5.75 Å². The minimum Gasteiger partial charge on any atom is -0.495 e. The molecule has 0 saturated carbocycles. The van der Waals surface area contributed by atoms with Gasteiger partial charge in [0, 0.05) is 12.6 Å². The van der Waals surface area contributed by atoms with Gasteiger partial charge in [0.15, 0.2) is 0 Å². The fraction of sp³-hybridized carbons (Fsp3) is 0.588. The van der Waals surface area contributed by atoms with Crippen LogP contribution in [-0.2, 0) is 14.8 Å². The van der Waals surface area contributed by atoms with E-state index in [2.05, 4.69) is 14.9 Å². The van der Waals surface area contributed by atoms with E-state index in [9.17, 15) is 13.2 Å². The fourth-order valence-corrected chi connectivity index (χ4v) is 4.22. The molecule has 0 aliphatic carbocycles. The van der Waals surface area contributed by atoms with Gasteiger partial charge in [0.2, 0.25) is 15.9 Å². The Morgan fingerprint density at radius 3 is 2.68 bits per heavy atom. The zero-order chi connectivity index (χ0) is 18.6. The van der Waals surface area contributed by atoms with Gasteiger partial charge in [-0.2, -0.15) is 0 Å². The summed E-state index contributed by atoms with van der Waals surface area (Å²) in [7, 11) is -0.165. The van der Waals surface area contributed by atoms with Gasteiger partial charge in [0.05, 0.1) is 23.6 Å². The summed E-state index contributed by atoms with van der Waals surface area (Å²) < 4.78 is 32.5. The third kappa shape index (κ3) is 5.17. The van der Waals surface area contributed by atoms with Crippen LogP contribution in [0.3, 0.4) is 0 Å². The molecular formula is C17H27N3O4S. The first kappa shape index (κ1) is 19.7. The van der Waals surface area contributed by atoms with Gasteiger partial charge in [0.25, 0.3) is 0 Å². The molecule has 1 heterocycles. The number of hydrogen-bond donors (Lipinski definition) is 2. The number of methoxy groups -OCH3 is 1. The molecule has 0 spiro atoms. The van der Waals surface area contributed by atoms with Crippen molar-refractivity contribution in [2.24, 2.45) is 5.92 Å². The van der Waals surface area contributed by atoms with Crippen molar-refractivity contribution in [2.75, 3.05) is 32.6 Å². The number of benzene rings is 1. The average Bonchev–Trinajstić information content (AvgIpc) is 2.53. The van der Waals surface area contributed by atoms with Crippen LogP contribution in [0.1, 0.15) is 26.7 Å². The monoisotopic (exact) mass is 369 g/mol. The topological polar surface area (TPSA) is 87.7 Å². The number of carbonyl (C=O) groups is 1. The summed E-state index contributed by atoms with van der Waals surface area (Å²) in [6, 6.07) is 4.24. The van der Waals surface area contributed by atoms with Gasteiger partial charge in [-0.25, -0.2) is 13.1 Å². The Hall–Kier alpha value is -1.64. The van der Waals surface area contributed by atoms with Crippen molar-refractivity contribution in [1.82, 2.24) is 9.62 Å². The van der Waals surface area contributed by atoms with Gasteiger partial charge in [-0.3, -0.25) is 4.79 Å². The lowest BCUT2D eigenvalue weighted by Gasteiger charge is -2.28. The molecule has 7 nitrogen and oxygen atoms in total. The van der Waals surface area contributed by atoms with E-state index in [-0.39, 0.29) is 22.8 Å². The molecule has 0 aromatic heterocycles. The van der Waals surface area contributed by atoms with E-state index in [0.29, 0.717) is 18.0 Å². The predicted octanol–water partition coefficient (Wildman–Crippen LogP) is 1.66. The molecule has 1 fully saturated rings. The SMILES string of the molecule is COc1ccc(S(=O)(=O)NC(C)C)cc1NC(=O)[C@@H]1CCCN(C)C1. The maximum absolute atomic E-state index is 12.6. The highest BCUT2D eigenvalue weighted by Gasteiger charge is 2.25. The highest BCUT2D eigenvalue weighted by Crippen LogP contribution is 2.29. The highest BCUT2D eigenvalue weighted by molar-refractivity contribution is 7.89. The zero-order valence-electron chi connectivity index (χ0n) is 15.2. The second-order valence-corrected chi connectivity index (χ2v) is 8.44. The quantitative estimate of drug-likeness (QED) is 0.796. The molecule has 25 heavy (non-hydrogen) atoms. The van der Waals surface area contributed by atoms with Crippen LogP contribution in [0.25, 0.3) is 0 Å². The average molecular weight is 369 g/mol. The van der Waals surface area contributed by atoms with Gasteiger partial charge in [-0.15, -0.1) is 0 Å². The van der Waals surface area contributed by atoms with Crippen LogP contribution < -0.4 is 14.8 Å². The Balaban J connectivity index is 2.24. The minimum atomic E-state index is -3.64. The maximum Gasteiger partial charge on any atom is 0.240 e. The summed E-state index contributed by atoms with van der Waals surface area (Å²) >= 11 is 0. The van der Waals surface area contributed by atoms with Crippen LogP contribution in [0.4, 0.5) is 5.69 Å². The molecule has 2 rings (SSSR count). The van der Waals surface area contributed by atoms with Crippen LogP contribution in [0.15, 0.2) is 23.1 Å². The lowest BCUT2D eigenvalue weighted by atomic mass is 9.97. The molecule has 2 N–H and O–H groups in total. The minimum absolute atomic E-state index is 0.0954. The van der Waals surface area contributed by atoms with E-state index >= 15 is 0 Å². The largest absolute Gasteiger partial charge is 0.495 e. The highest BCUT2D eigenvalue weighted by atomic mass is 32.2. The second kappa shape index (κ2) is 8.16. The van der Waals surface area contributed by atoms with Gasteiger partial charge < -0.3 is 15.0 Å². The number of nitrogens with zero attached hydrogens (tertiary/aromatic N) is 1. The number of rotatable bonds is 6. The maximum atomic E-state index is 12.6. The first-order chi connectivity index (χ1) is 11.7. The summed E-state index contributed by atoms with van der Waals surface area (Å²) in [5, 5.41) is 2.83. The van der Waals surface area contributed by atoms with Crippen LogP contribution in [0.2, 0.25) is 0 Å². The van der Waals surface area contributed by atoms with Crippen molar-refractivity contribution < 1.29 is 17.9 Å². The molecule has 1 aromatic carbocycles. The number of amides is 1. The number of likely N-dealkylation sites (tertiary alicyclic amines) is 1. The molecule has 1 atom stereocenters. The summed E-state index contributed by atoms with van der Waals surface area (Å²) in [4.78, 5) is 14.8. The summed E-state index contributed by atoms with van der Waals surface area (Å²) in [5.74, 6) is 0.203. The number of piperidine rings is 1. The number of hydrogen-bond acceptors (Lipinski definition) is 5. The van der Waals surface area contributed by atoms with Gasteiger partial charge >= 0.3 is 0 Å². The number of anilines is 1. The van der Waals surface area contributed by atoms with Gasteiger partial charge in [-0.1, -0.05) is 0 Å². The Bertz CT molecular complexity index is 719. The number of nitrogens with one attached hydrogen (secondary N) is 2. The number of carbonyl (C=O) groups excluding carboxylic acids is 1. The summed E-state index contributed by atoms with van der Waals surface area (Å²) in [5.41, 5.74) is 0.368. The Labute approximate surface area is 149 Å². The molecule has 8 heteroatoms. The molecule has 1 amide bonds. The van der Waals surface area contributed by atoms with Crippen molar-refractivity contribution >= 4 is 21.6 Å². The van der Waals surface area contributed by atoms with Crippen LogP contribution in [0.5, 0.6) is 5.75 Å². The standard InChI is InChI=1S/C17H27N3O4S/c1-12(2)19-25(22,23)14-7-8-16(24-4)15(10-14)18-17(21)13-6-5-9-20(3)11-13/h7-8,10,12-13,19H,5-6,9,11H2,1-4H3,(H,18,21)/t13-/m1/s1. The van der Waals surface area contributed by atoms with Gasteiger partial charge in [-0.05, 0) is 58.5 Å². The Morgan fingerprint density at radius 1 is 1.36 bits per heavy atom. The van der Waals surface area contributed by atoms with E-state index in [1.165, 1.54) is 19.2 Å². The zero-order valence-corrected chi connectivity index (χ0v) is 16.0. The van der Waals surface area contributed by atoms with E-state index in [1.807, 2.05) is 7.05 Å². The smallest absolute Gasteiger partial charge is 0.240 e. The first-order valence-electron chi connectivity index (χ1n) is 8.42. The third-order valence-corrected chi connectivity index (χ3v) is 5.78. The molecule has 1 saturated heterocycles.